The molecule has 0 aromatic heterocycles. The molecule has 0 aliphatic carbocycles. The number of amides is 1. The van der Waals surface area contributed by atoms with Crippen molar-refractivity contribution in [2.75, 3.05) is 18.1 Å². The lowest BCUT2D eigenvalue weighted by atomic mass is 10.1. The van der Waals surface area contributed by atoms with Crippen LogP contribution in [0.2, 0.25) is 15.1 Å². The fourth-order valence-electron chi connectivity index (χ4n) is 2.54. The Morgan fingerprint density at radius 3 is 2.30 bits per heavy atom. The van der Waals surface area contributed by atoms with E-state index in [4.69, 9.17) is 39.5 Å². The van der Waals surface area contributed by atoms with Gasteiger partial charge in [0.15, 0.2) is 11.8 Å². The number of carboxylic acid groups (broad SMARTS) is 1. The lowest BCUT2D eigenvalue weighted by Gasteiger charge is -2.25. The highest BCUT2D eigenvalue weighted by molar-refractivity contribution is 6.35. The molecule has 0 saturated heterocycles. The lowest BCUT2D eigenvalue weighted by molar-refractivity contribution is -0.246. The van der Waals surface area contributed by atoms with E-state index >= 15 is 0 Å². The van der Waals surface area contributed by atoms with Crippen molar-refractivity contribution in [3.63, 3.8) is 0 Å². The predicted octanol–water partition coefficient (Wildman–Crippen LogP) is 3.48. The summed E-state index contributed by atoms with van der Waals surface area (Å²) in [6.45, 7) is -0.211. The van der Waals surface area contributed by atoms with Crippen LogP contribution in [-0.4, -0.2) is 37.0 Å². The molecule has 2 aromatic carbocycles. The molecule has 3 rings (SSSR count). The minimum absolute atomic E-state index is 0.0218. The quantitative estimate of drug-likeness (QED) is 0.685. The van der Waals surface area contributed by atoms with Crippen LogP contribution in [0.15, 0.2) is 47.5 Å². The third kappa shape index (κ3) is 4.71. The van der Waals surface area contributed by atoms with E-state index in [-0.39, 0.29) is 40.6 Å². The van der Waals surface area contributed by atoms with E-state index in [1.54, 1.807) is 24.3 Å². The molecular formula is C18H12Cl3N2O4-. The van der Waals surface area contributed by atoms with E-state index in [0.717, 1.165) is 4.90 Å². The average Bonchev–Trinajstić information content (AvgIpc) is 3.07. The number of ketones is 1. The molecule has 0 bridgehead atoms. The largest absolute Gasteiger partial charge is 0.530 e. The Morgan fingerprint density at radius 2 is 1.70 bits per heavy atom. The van der Waals surface area contributed by atoms with Crippen LogP contribution in [-0.2, 0) is 4.74 Å². The molecule has 0 N–H and O–H groups in total. The first-order chi connectivity index (χ1) is 12.8. The fourth-order valence-corrected chi connectivity index (χ4v) is 3.18. The van der Waals surface area contributed by atoms with E-state index in [0.29, 0.717) is 10.6 Å². The number of nitrogens with zero attached hydrogens (tertiary/aromatic N) is 2. The Bertz CT molecular complexity index is 895. The number of anilines is 1. The van der Waals surface area contributed by atoms with Gasteiger partial charge in [0.2, 0.25) is 5.90 Å². The third-order valence-electron chi connectivity index (χ3n) is 3.81. The van der Waals surface area contributed by atoms with E-state index < -0.39 is 12.1 Å². The first-order valence-electron chi connectivity index (χ1n) is 7.77. The van der Waals surface area contributed by atoms with Crippen LogP contribution < -0.4 is 10.0 Å². The summed E-state index contributed by atoms with van der Waals surface area (Å²) in [5.74, 6) is -0.143. The minimum Gasteiger partial charge on any atom is -0.530 e. The van der Waals surface area contributed by atoms with Crippen LogP contribution in [0, 0.1) is 0 Å². The van der Waals surface area contributed by atoms with E-state index in [9.17, 15) is 14.7 Å². The highest BCUT2D eigenvalue weighted by Gasteiger charge is 2.28. The molecule has 1 aliphatic rings. The number of halogens is 3. The number of ether oxygens (including phenoxy) is 1. The maximum Gasteiger partial charge on any atom is 0.204 e. The normalized spacial score (nSPS) is 15.8. The fraction of sp³-hybridized carbons (Fsp3) is 0.167. The molecule has 9 heteroatoms. The Kier molecular flexibility index (Phi) is 5.89. The lowest BCUT2D eigenvalue weighted by Crippen LogP contribution is -2.44. The number of aliphatic imine (C=N–C) groups is 1. The molecular weight excluding hydrogens is 415 g/mol. The summed E-state index contributed by atoms with van der Waals surface area (Å²) < 4.78 is 5.40. The van der Waals surface area contributed by atoms with Crippen molar-refractivity contribution in [2.45, 2.75) is 6.04 Å². The topological polar surface area (TPSA) is 82.0 Å². The van der Waals surface area contributed by atoms with Crippen LogP contribution in [0.25, 0.3) is 0 Å². The van der Waals surface area contributed by atoms with E-state index in [2.05, 4.69) is 4.99 Å². The van der Waals surface area contributed by atoms with Gasteiger partial charge in [-0.1, -0.05) is 34.8 Å². The summed E-state index contributed by atoms with van der Waals surface area (Å²) in [6, 6.07) is 9.98. The zero-order valence-corrected chi connectivity index (χ0v) is 16.0. The standard InChI is InChI=1S/C18H13Cl3N2O4/c19-11-3-1-10(2-4-11)17(24)15-9-27-16(22-15)8-23(18(25)26)14-6-12(20)5-13(21)7-14/h1-7,15H,8-9H2,(H,25,26)/p-1. The van der Waals surface area contributed by atoms with Crippen LogP contribution >= 0.6 is 34.8 Å². The van der Waals surface area contributed by atoms with Gasteiger partial charge < -0.3 is 19.5 Å². The SMILES string of the molecule is O=C(c1ccc(Cl)cc1)C1COC(CN(C(=O)[O-])c2cc(Cl)cc(Cl)c2)=N1. The number of hydrogen-bond donors (Lipinski definition) is 0. The highest BCUT2D eigenvalue weighted by atomic mass is 35.5. The molecule has 1 atom stereocenters. The molecule has 140 valence electrons. The summed E-state index contributed by atoms with van der Waals surface area (Å²) in [5, 5.41) is 12.6. The maximum absolute atomic E-state index is 12.5. The summed E-state index contributed by atoms with van der Waals surface area (Å²) in [4.78, 5) is 29.1. The van der Waals surface area contributed by atoms with Gasteiger partial charge in [0.1, 0.15) is 19.2 Å². The van der Waals surface area contributed by atoms with E-state index in [1.807, 2.05) is 0 Å². The summed E-state index contributed by atoms with van der Waals surface area (Å²) in [5.41, 5.74) is 0.655. The average molecular weight is 427 g/mol. The van der Waals surface area contributed by atoms with Crippen LogP contribution in [0.3, 0.4) is 0 Å². The highest BCUT2D eigenvalue weighted by Crippen LogP contribution is 2.26. The van der Waals surface area contributed by atoms with Gasteiger partial charge in [-0.25, -0.2) is 4.99 Å². The zero-order valence-electron chi connectivity index (χ0n) is 13.7. The molecule has 1 heterocycles. The van der Waals surface area contributed by atoms with Crippen molar-refractivity contribution in [1.29, 1.82) is 0 Å². The molecule has 27 heavy (non-hydrogen) atoms. The van der Waals surface area contributed by atoms with Crippen molar-refractivity contribution in [3.8, 4) is 0 Å². The summed E-state index contributed by atoms with van der Waals surface area (Å²) >= 11 is 17.7. The Labute approximate surface area is 169 Å². The van der Waals surface area contributed by atoms with Gasteiger partial charge in [-0.2, -0.15) is 0 Å². The second-order valence-electron chi connectivity index (χ2n) is 5.70. The molecule has 0 spiro atoms. The first kappa shape index (κ1) is 19.5. The number of carbonyl (C=O) groups excluding carboxylic acids is 2. The van der Waals surface area contributed by atoms with Crippen LogP contribution in [0.1, 0.15) is 10.4 Å². The van der Waals surface area contributed by atoms with Gasteiger partial charge in [-0.05, 0) is 42.5 Å². The van der Waals surface area contributed by atoms with Gasteiger partial charge in [-0.3, -0.25) is 4.79 Å². The number of hydrogen-bond acceptors (Lipinski definition) is 5. The van der Waals surface area contributed by atoms with Gasteiger partial charge in [0.25, 0.3) is 0 Å². The number of carbonyl (C=O) groups is 2. The van der Waals surface area contributed by atoms with Gasteiger partial charge in [0, 0.05) is 26.3 Å². The van der Waals surface area contributed by atoms with Crippen molar-refractivity contribution in [2.24, 2.45) is 4.99 Å². The minimum atomic E-state index is -1.48. The van der Waals surface area contributed by atoms with Crippen molar-refractivity contribution in [3.05, 3.63) is 63.1 Å². The number of Topliss-reactive ketones (excluding diaryl/α,β-unsaturated/α-hetero) is 1. The van der Waals surface area contributed by atoms with Crippen molar-refractivity contribution in [1.82, 2.24) is 0 Å². The monoisotopic (exact) mass is 425 g/mol. The molecule has 1 amide bonds. The number of rotatable bonds is 5. The Morgan fingerprint density at radius 1 is 1.07 bits per heavy atom. The molecule has 2 aromatic rings. The van der Waals surface area contributed by atoms with Gasteiger partial charge in [-0.15, -0.1) is 0 Å². The molecule has 6 nitrogen and oxygen atoms in total. The third-order valence-corrected chi connectivity index (χ3v) is 4.50. The number of benzene rings is 2. The Hall–Kier alpha value is -2.28. The summed E-state index contributed by atoms with van der Waals surface area (Å²) in [6.07, 6.45) is -1.48. The predicted molar refractivity (Wildman–Crippen MR) is 102 cm³/mol. The summed E-state index contributed by atoms with van der Waals surface area (Å²) in [7, 11) is 0. The van der Waals surface area contributed by atoms with Crippen molar-refractivity contribution < 1.29 is 19.4 Å². The maximum atomic E-state index is 12.5. The first-order valence-corrected chi connectivity index (χ1v) is 8.91. The smallest absolute Gasteiger partial charge is 0.204 e. The second-order valence-corrected chi connectivity index (χ2v) is 7.01. The van der Waals surface area contributed by atoms with E-state index in [1.165, 1.54) is 18.2 Å². The molecule has 0 saturated carbocycles. The zero-order chi connectivity index (χ0) is 19.6. The van der Waals surface area contributed by atoms with Gasteiger partial charge >= 0.3 is 0 Å². The Balaban J connectivity index is 1.77. The molecule has 0 radical (unpaired) electrons. The van der Waals surface area contributed by atoms with Crippen molar-refractivity contribution >= 4 is 58.3 Å². The van der Waals surface area contributed by atoms with Crippen LogP contribution in [0.4, 0.5) is 10.5 Å². The molecule has 1 aliphatic heterocycles. The molecule has 0 fully saturated rings. The second kappa shape index (κ2) is 8.17. The van der Waals surface area contributed by atoms with Crippen LogP contribution in [0.5, 0.6) is 0 Å². The molecule has 1 unspecified atom stereocenters. The van der Waals surface area contributed by atoms with Gasteiger partial charge in [0.05, 0.1) is 0 Å².